The summed E-state index contributed by atoms with van der Waals surface area (Å²) in [5, 5.41) is 7.00. The van der Waals surface area contributed by atoms with Gasteiger partial charge in [0.2, 0.25) is 0 Å². The first-order valence-electron chi connectivity index (χ1n) is 9.68. The van der Waals surface area contributed by atoms with E-state index in [9.17, 15) is 0 Å². The average Bonchev–Trinajstić information content (AvgIpc) is 2.68. The molecular formula is C19H32IN5O. The molecule has 0 atom stereocenters. The molecule has 7 heteroatoms. The fraction of sp³-hybridized carbons (Fsp3) is 0.684. The SMILES string of the molecule is CCNC(=NCc1cccnc1N1CCOCC1)NC1CCCCC1.I. The number of guanidine groups is 1. The molecule has 146 valence electrons. The maximum Gasteiger partial charge on any atom is 0.191 e. The lowest BCUT2D eigenvalue weighted by atomic mass is 9.96. The summed E-state index contributed by atoms with van der Waals surface area (Å²) >= 11 is 0. The predicted octanol–water partition coefficient (Wildman–Crippen LogP) is 2.92. The highest BCUT2D eigenvalue weighted by Crippen LogP contribution is 2.20. The van der Waals surface area contributed by atoms with Gasteiger partial charge in [-0.2, -0.15) is 0 Å². The second-order valence-corrected chi connectivity index (χ2v) is 6.76. The first-order valence-corrected chi connectivity index (χ1v) is 9.68. The van der Waals surface area contributed by atoms with Gasteiger partial charge in [0.05, 0.1) is 19.8 Å². The van der Waals surface area contributed by atoms with Gasteiger partial charge in [-0.25, -0.2) is 9.98 Å². The van der Waals surface area contributed by atoms with Crippen molar-refractivity contribution in [2.24, 2.45) is 4.99 Å². The van der Waals surface area contributed by atoms with E-state index in [0.29, 0.717) is 12.6 Å². The number of anilines is 1. The third-order valence-electron chi connectivity index (χ3n) is 4.88. The fourth-order valence-electron chi connectivity index (χ4n) is 3.54. The summed E-state index contributed by atoms with van der Waals surface area (Å²) in [5.41, 5.74) is 1.17. The van der Waals surface area contributed by atoms with Crippen LogP contribution in [0, 0.1) is 0 Å². The minimum absolute atomic E-state index is 0. The first-order chi connectivity index (χ1) is 12.4. The number of ether oxygens (including phenoxy) is 1. The van der Waals surface area contributed by atoms with Crippen molar-refractivity contribution in [3.63, 3.8) is 0 Å². The number of hydrogen-bond donors (Lipinski definition) is 2. The van der Waals surface area contributed by atoms with E-state index in [1.54, 1.807) is 0 Å². The highest BCUT2D eigenvalue weighted by molar-refractivity contribution is 14.0. The Kier molecular flexibility index (Phi) is 9.45. The maximum absolute atomic E-state index is 5.46. The van der Waals surface area contributed by atoms with Crippen LogP contribution in [0.25, 0.3) is 0 Å². The molecule has 2 aliphatic rings. The molecule has 26 heavy (non-hydrogen) atoms. The van der Waals surface area contributed by atoms with Gasteiger partial charge >= 0.3 is 0 Å². The molecule has 0 radical (unpaired) electrons. The van der Waals surface area contributed by atoms with Gasteiger partial charge in [0.15, 0.2) is 5.96 Å². The number of hydrogen-bond acceptors (Lipinski definition) is 4. The number of aliphatic imine (C=N–C) groups is 1. The second kappa shape index (κ2) is 11.6. The molecule has 6 nitrogen and oxygen atoms in total. The molecule has 1 aliphatic carbocycles. The van der Waals surface area contributed by atoms with Gasteiger partial charge in [0, 0.05) is 37.4 Å². The second-order valence-electron chi connectivity index (χ2n) is 6.76. The highest BCUT2D eigenvalue weighted by atomic mass is 127. The van der Waals surface area contributed by atoms with E-state index < -0.39 is 0 Å². The smallest absolute Gasteiger partial charge is 0.191 e. The molecule has 0 bridgehead atoms. The van der Waals surface area contributed by atoms with E-state index in [1.165, 1.54) is 37.7 Å². The molecule has 2 fully saturated rings. The lowest BCUT2D eigenvalue weighted by Crippen LogP contribution is -2.44. The van der Waals surface area contributed by atoms with Crippen LogP contribution in [0.4, 0.5) is 5.82 Å². The summed E-state index contributed by atoms with van der Waals surface area (Å²) in [4.78, 5) is 11.7. The van der Waals surface area contributed by atoms with Crippen LogP contribution in [0.5, 0.6) is 0 Å². The summed E-state index contributed by atoms with van der Waals surface area (Å²) in [6.45, 7) is 6.96. The van der Waals surface area contributed by atoms with Crippen LogP contribution in [0.1, 0.15) is 44.6 Å². The Morgan fingerprint density at radius 3 is 2.77 bits per heavy atom. The summed E-state index contributed by atoms with van der Waals surface area (Å²) in [7, 11) is 0. The monoisotopic (exact) mass is 473 g/mol. The molecule has 1 aliphatic heterocycles. The summed E-state index contributed by atoms with van der Waals surface area (Å²) in [5.74, 6) is 1.97. The Morgan fingerprint density at radius 1 is 1.27 bits per heavy atom. The third kappa shape index (κ3) is 6.26. The van der Waals surface area contributed by atoms with Gasteiger partial charge in [0.1, 0.15) is 5.82 Å². The van der Waals surface area contributed by atoms with Gasteiger partial charge in [0.25, 0.3) is 0 Å². The van der Waals surface area contributed by atoms with Crippen molar-refractivity contribution in [2.45, 2.75) is 51.6 Å². The molecule has 2 heterocycles. The van der Waals surface area contributed by atoms with E-state index in [0.717, 1.165) is 44.6 Å². The molecule has 3 rings (SSSR count). The number of rotatable bonds is 5. The zero-order valence-corrected chi connectivity index (χ0v) is 18.1. The Balaban J connectivity index is 0.00000243. The maximum atomic E-state index is 5.46. The molecule has 0 amide bonds. The van der Waals surface area contributed by atoms with Gasteiger partial charge in [-0.05, 0) is 25.8 Å². The third-order valence-corrected chi connectivity index (χ3v) is 4.88. The van der Waals surface area contributed by atoms with Crippen molar-refractivity contribution in [1.29, 1.82) is 0 Å². The zero-order chi connectivity index (χ0) is 17.3. The molecule has 1 saturated carbocycles. The minimum atomic E-state index is 0. The Morgan fingerprint density at radius 2 is 2.04 bits per heavy atom. The molecular weight excluding hydrogens is 441 g/mol. The van der Waals surface area contributed by atoms with Crippen LogP contribution < -0.4 is 15.5 Å². The van der Waals surface area contributed by atoms with Crippen molar-refractivity contribution in [1.82, 2.24) is 15.6 Å². The van der Waals surface area contributed by atoms with Crippen LogP contribution in [-0.2, 0) is 11.3 Å². The van der Waals surface area contributed by atoms with Crippen LogP contribution in [0.2, 0.25) is 0 Å². The topological polar surface area (TPSA) is 61.8 Å². The zero-order valence-electron chi connectivity index (χ0n) is 15.7. The van der Waals surface area contributed by atoms with Crippen molar-refractivity contribution < 1.29 is 4.74 Å². The lowest BCUT2D eigenvalue weighted by molar-refractivity contribution is 0.122. The van der Waals surface area contributed by atoms with Crippen LogP contribution in [0.3, 0.4) is 0 Å². The fourth-order valence-corrected chi connectivity index (χ4v) is 3.54. The molecule has 0 spiro atoms. The normalized spacial score (nSPS) is 19.0. The number of halogens is 1. The standard InChI is InChI=1S/C19H31N5O.HI/c1-2-20-19(23-17-8-4-3-5-9-17)22-15-16-7-6-10-21-18(16)24-11-13-25-14-12-24;/h6-7,10,17H,2-5,8-9,11-15H2,1H3,(H2,20,22,23);1H. The molecule has 1 aromatic rings. The van der Waals surface area contributed by atoms with Crippen molar-refractivity contribution >= 4 is 35.8 Å². The van der Waals surface area contributed by atoms with E-state index in [4.69, 9.17) is 9.73 Å². The predicted molar refractivity (Wildman–Crippen MR) is 118 cm³/mol. The first kappa shape index (κ1) is 21.2. The average molecular weight is 473 g/mol. The molecule has 1 saturated heterocycles. The summed E-state index contributed by atoms with van der Waals surface area (Å²) < 4.78 is 5.46. The molecule has 2 N–H and O–H groups in total. The van der Waals surface area contributed by atoms with Crippen molar-refractivity contribution in [3.8, 4) is 0 Å². The summed E-state index contributed by atoms with van der Waals surface area (Å²) in [6, 6.07) is 4.68. The van der Waals surface area contributed by atoms with Crippen molar-refractivity contribution in [3.05, 3.63) is 23.9 Å². The van der Waals surface area contributed by atoms with Crippen molar-refractivity contribution in [2.75, 3.05) is 37.7 Å². The van der Waals surface area contributed by atoms with Gasteiger partial charge in [-0.3, -0.25) is 0 Å². The van der Waals surface area contributed by atoms with E-state index >= 15 is 0 Å². The van der Waals surface area contributed by atoms with Crippen LogP contribution in [-0.4, -0.2) is 49.8 Å². The molecule has 0 aromatic carbocycles. The van der Waals surface area contributed by atoms with E-state index in [2.05, 4.69) is 33.5 Å². The number of nitrogens with zero attached hydrogens (tertiary/aromatic N) is 3. The minimum Gasteiger partial charge on any atom is -0.378 e. The largest absolute Gasteiger partial charge is 0.378 e. The Bertz CT molecular complexity index is 557. The van der Waals surface area contributed by atoms with Gasteiger partial charge in [-0.15, -0.1) is 24.0 Å². The van der Waals surface area contributed by atoms with Crippen LogP contribution in [0.15, 0.2) is 23.3 Å². The Hall–Kier alpha value is -1.09. The molecule has 0 unspecified atom stereocenters. The number of pyridine rings is 1. The van der Waals surface area contributed by atoms with E-state index in [1.807, 2.05) is 12.3 Å². The number of aromatic nitrogens is 1. The highest BCUT2D eigenvalue weighted by Gasteiger charge is 2.17. The Labute approximate surface area is 174 Å². The van der Waals surface area contributed by atoms with Gasteiger partial charge in [-0.1, -0.05) is 25.3 Å². The quantitative estimate of drug-likeness (QED) is 0.391. The summed E-state index contributed by atoms with van der Waals surface area (Å²) in [6.07, 6.45) is 8.36. The van der Waals surface area contributed by atoms with Gasteiger partial charge < -0.3 is 20.3 Å². The molecule has 1 aromatic heterocycles. The van der Waals surface area contributed by atoms with E-state index in [-0.39, 0.29) is 24.0 Å². The number of morpholine rings is 1. The van der Waals surface area contributed by atoms with Crippen LogP contribution >= 0.6 is 24.0 Å². The lowest BCUT2D eigenvalue weighted by Gasteiger charge is -2.29. The number of nitrogens with one attached hydrogen (secondary N) is 2.